The lowest BCUT2D eigenvalue weighted by Gasteiger charge is -2.26. The van der Waals surface area contributed by atoms with Gasteiger partial charge in [0.25, 0.3) is 5.91 Å². The Morgan fingerprint density at radius 1 is 1.00 bits per heavy atom. The summed E-state index contributed by atoms with van der Waals surface area (Å²) in [6.45, 7) is 4.83. The quantitative estimate of drug-likeness (QED) is 0.890. The summed E-state index contributed by atoms with van der Waals surface area (Å²) in [7, 11) is 0. The van der Waals surface area contributed by atoms with Gasteiger partial charge in [0.1, 0.15) is 0 Å². The molecule has 1 aliphatic heterocycles. The number of carbonyl (C=O) groups is 1. The molecule has 0 bridgehead atoms. The Labute approximate surface area is 138 Å². The summed E-state index contributed by atoms with van der Waals surface area (Å²) in [5.74, 6) is 0.00155. The van der Waals surface area contributed by atoms with Crippen LogP contribution in [0.1, 0.15) is 35.2 Å². The molecule has 4 nitrogen and oxygen atoms in total. The van der Waals surface area contributed by atoms with Crippen LogP contribution in [0.25, 0.3) is 0 Å². The monoisotopic (exact) mass is 311 g/mol. The molecule has 2 aromatic rings. The third-order valence-corrected chi connectivity index (χ3v) is 4.39. The van der Waals surface area contributed by atoms with E-state index in [4.69, 9.17) is 0 Å². The van der Waals surface area contributed by atoms with E-state index in [1.165, 1.54) is 37.9 Å². The van der Waals surface area contributed by atoms with E-state index >= 15 is 0 Å². The van der Waals surface area contributed by atoms with Gasteiger partial charge in [-0.3, -0.25) is 9.69 Å². The van der Waals surface area contributed by atoms with Crippen LogP contribution in [0.5, 0.6) is 0 Å². The molecule has 0 saturated carbocycles. The fraction of sp³-hybridized carbons (Fsp3) is 0.421. The number of likely N-dealkylation sites (tertiary alicyclic amines) is 1. The van der Waals surface area contributed by atoms with Gasteiger partial charge in [0, 0.05) is 37.6 Å². The van der Waals surface area contributed by atoms with Gasteiger partial charge in [0.2, 0.25) is 0 Å². The maximum absolute atomic E-state index is 12.1. The fourth-order valence-electron chi connectivity index (χ4n) is 3.06. The molecule has 1 saturated heterocycles. The molecule has 3 rings (SSSR count). The van der Waals surface area contributed by atoms with E-state index in [2.05, 4.69) is 26.9 Å². The van der Waals surface area contributed by atoms with Crippen LogP contribution < -0.4 is 5.32 Å². The van der Waals surface area contributed by atoms with Crippen LogP contribution in [0.15, 0.2) is 48.8 Å². The number of piperidine rings is 1. The summed E-state index contributed by atoms with van der Waals surface area (Å²) in [6.07, 6.45) is 7.98. The number of benzene rings is 1. The van der Waals surface area contributed by atoms with Crippen LogP contribution in [0.3, 0.4) is 0 Å². The van der Waals surface area contributed by atoms with Gasteiger partial charge in [-0.2, -0.15) is 0 Å². The van der Waals surface area contributed by atoms with Crippen LogP contribution in [0.2, 0.25) is 0 Å². The molecule has 0 atom stereocenters. The molecule has 1 N–H and O–H groups in total. The number of carbonyl (C=O) groups excluding carboxylic acids is 1. The Hall–Kier alpha value is -2.07. The number of hydrogen-bond donors (Lipinski definition) is 1. The SMILES string of the molecule is O=C(NCCn1cccc1)c1ccc(CN2CCCCC2)cc1. The van der Waals surface area contributed by atoms with Crippen molar-refractivity contribution in [3.63, 3.8) is 0 Å². The highest BCUT2D eigenvalue weighted by Gasteiger charge is 2.11. The third-order valence-electron chi connectivity index (χ3n) is 4.39. The van der Waals surface area contributed by atoms with Crippen LogP contribution >= 0.6 is 0 Å². The number of hydrogen-bond acceptors (Lipinski definition) is 2. The van der Waals surface area contributed by atoms with Crippen LogP contribution in [-0.2, 0) is 13.1 Å². The maximum Gasteiger partial charge on any atom is 0.251 e. The van der Waals surface area contributed by atoms with Gasteiger partial charge in [-0.05, 0) is 55.8 Å². The normalized spacial score (nSPS) is 15.5. The Morgan fingerprint density at radius 2 is 1.70 bits per heavy atom. The molecule has 1 aromatic heterocycles. The van der Waals surface area contributed by atoms with E-state index in [9.17, 15) is 4.79 Å². The van der Waals surface area contributed by atoms with Crippen molar-refractivity contribution in [2.45, 2.75) is 32.4 Å². The number of nitrogens with zero attached hydrogens (tertiary/aromatic N) is 2. The zero-order chi connectivity index (χ0) is 15.9. The minimum atomic E-state index is 0.00155. The van der Waals surface area contributed by atoms with Gasteiger partial charge >= 0.3 is 0 Å². The van der Waals surface area contributed by atoms with Gasteiger partial charge in [0.15, 0.2) is 0 Å². The largest absolute Gasteiger partial charge is 0.353 e. The van der Waals surface area contributed by atoms with E-state index in [0.717, 1.165) is 18.7 Å². The summed E-state index contributed by atoms with van der Waals surface area (Å²) in [4.78, 5) is 14.6. The first-order valence-electron chi connectivity index (χ1n) is 8.51. The second-order valence-electron chi connectivity index (χ2n) is 6.21. The predicted molar refractivity (Wildman–Crippen MR) is 92.3 cm³/mol. The first-order valence-corrected chi connectivity index (χ1v) is 8.51. The Kier molecular flexibility index (Phi) is 5.48. The van der Waals surface area contributed by atoms with E-state index < -0.39 is 0 Å². The molecule has 1 aliphatic rings. The number of aromatic nitrogens is 1. The lowest BCUT2D eigenvalue weighted by molar-refractivity contribution is 0.0952. The Balaban J connectivity index is 1.46. The summed E-state index contributed by atoms with van der Waals surface area (Å²) < 4.78 is 2.06. The van der Waals surface area contributed by atoms with Crippen molar-refractivity contribution in [3.05, 3.63) is 59.9 Å². The average Bonchev–Trinajstić information content (AvgIpc) is 3.10. The second-order valence-corrected chi connectivity index (χ2v) is 6.21. The van der Waals surface area contributed by atoms with Gasteiger partial charge in [-0.1, -0.05) is 18.6 Å². The van der Waals surface area contributed by atoms with E-state index in [-0.39, 0.29) is 5.91 Å². The molecule has 1 amide bonds. The zero-order valence-corrected chi connectivity index (χ0v) is 13.6. The third kappa shape index (κ3) is 4.70. The highest BCUT2D eigenvalue weighted by molar-refractivity contribution is 5.94. The topological polar surface area (TPSA) is 37.3 Å². The van der Waals surface area contributed by atoms with Gasteiger partial charge in [-0.25, -0.2) is 0 Å². The highest BCUT2D eigenvalue weighted by atomic mass is 16.1. The Bertz CT molecular complexity index is 598. The lowest BCUT2D eigenvalue weighted by atomic mass is 10.1. The molecule has 4 heteroatoms. The molecule has 1 aromatic carbocycles. The Morgan fingerprint density at radius 3 is 2.39 bits per heavy atom. The van der Waals surface area contributed by atoms with E-state index in [1.54, 1.807) is 0 Å². The van der Waals surface area contributed by atoms with Crippen molar-refractivity contribution in [2.75, 3.05) is 19.6 Å². The van der Waals surface area contributed by atoms with E-state index in [0.29, 0.717) is 6.54 Å². The zero-order valence-electron chi connectivity index (χ0n) is 13.6. The first kappa shape index (κ1) is 15.8. The lowest BCUT2D eigenvalue weighted by Crippen LogP contribution is -2.29. The molecule has 0 radical (unpaired) electrons. The standard InChI is InChI=1S/C19H25N3O/c23-19(20-10-15-21-11-4-5-12-21)18-8-6-17(7-9-18)16-22-13-2-1-3-14-22/h4-9,11-12H,1-3,10,13-16H2,(H,20,23). The minimum absolute atomic E-state index is 0.00155. The van der Waals surface area contributed by atoms with Crippen molar-refractivity contribution in [2.24, 2.45) is 0 Å². The van der Waals surface area contributed by atoms with Gasteiger partial charge in [0.05, 0.1) is 0 Å². The van der Waals surface area contributed by atoms with Crippen molar-refractivity contribution < 1.29 is 4.79 Å². The van der Waals surface area contributed by atoms with E-state index in [1.807, 2.05) is 36.7 Å². The van der Waals surface area contributed by atoms with Crippen molar-refractivity contribution in [1.82, 2.24) is 14.8 Å². The van der Waals surface area contributed by atoms with Crippen LogP contribution in [0, 0.1) is 0 Å². The van der Waals surface area contributed by atoms with Crippen molar-refractivity contribution >= 4 is 5.91 Å². The molecule has 0 aliphatic carbocycles. The molecule has 122 valence electrons. The van der Waals surface area contributed by atoms with Crippen molar-refractivity contribution in [3.8, 4) is 0 Å². The van der Waals surface area contributed by atoms with Crippen LogP contribution in [-0.4, -0.2) is 35.0 Å². The molecular weight excluding hydrogens is 286 g/mol. The smallest absolute Gasteiger partial charge is 0.251 e. The van der Waals surface area contributed by atoms with Gasteiger partial charge in [-0.15, -0.1) is 0 Å². The minimum Gasteiger partial charge on any atom is -0.353 e. The highest BCUT2D eigenvalue weighted by Crippen LogP contribution is 2.13. The fourth-order valence-corrected chi connectivity index (χ4v) is 3.06. The van der Waals surface area contributed by atoms with Crippen LogP contribution in [0.4, 0.5) is 0 Å². The first-order chi connectivity index (χ1) is 11.3. The van der Waals surface area contributed by atoms with Gasteiger partial charge < -0.3 is 9.88 Å². The molecule has 0 unspecified atom stereocenters. The summed E-state index contributed by atoms with van der Waals surface area (Å²) in [5, 5.41) is 2.97. The summed E-state index contributed by atoms with van der Waals surface area (Å²) in [5.41, 5.74) is 2.02. The molecule has 0 spiro atoms. The molecule has 2 heterocycles. The molecule has 23 heavy (non-hydrogen) atoms. The number of amides is 1. The number of nitrogens with one attached hydrogen (secondary N) is 1. The predicted octanol–water partition coefficient (Wildman–Crippen LogP) is 2.90. The molecule has 1 fully saturated rings. The maximum atomic E-state index is 12.1. The summed E-state index contributed by atoms with van der Waals surface area (Å²) >= 11 is 0. The van der Waals surface area contributed by atoms with Crippen molar-refractivity contribution in [1.29, 1.82) is 0 Å². The average molecular weight is 311 g/mol. The number of rotatable bonds is 6. The summed E-state index contributed by atoms with van der Waals surface area (Å²) in [6, 6.07) is 12.0. The second kappa shape index (κ2) is 7.97. The molecular formula is C19H25N3O.